The molecule has 6 atom stereocenters. The maximum absolute atomic E-state index is 14.4. The van der Waals surface area contributed by atoms with E-state index in [1.165, 1.54) is 53.4 Å². The minimum absolute atomic E-state index is 0.0155. The van der Waals surface area contributed by atoms with Crippen molar-refractivity contribution in [2.75, 3.05) is 24.0 Å². The highest BCUT2D eigenvalue weighted by atomic mass is 32.2. The molecule has 4 heterocycles. The fourth-order valence-corrected chi connectivity index (χ4v) is 12.6. The van der Waals surface area contributed by atoms with Crippen molar-refractivity contribution < 1.29 is 60.8 Å². The van der Waals surface area contributed by atoms with Gasteiger partial charge in [-0.1, -0.05) is 69.3 Å². The number of anilines is 1. The van der Waals surface area contributed by atoms with Gasteiger partial charge >= 0.3 is 6.18 Å². The van der Waals surface area contributed by atoms with Crippen molar-refractivity contribution in [1.29, 1.82) is 0 Å². The molecule has 20 heteroatoms. The monoisotopic (exact) mass is 1060 g/mol. The Morgan fingerprint density at radius 2 is 1.49 bits per heavy atom. The number of amides is 3. The molecule has 3 amide bonds. The van der Waals surface area contributed by atoms with Crippen LogP contribution in [0.4, 0.5) is 18.9 Å². The predicted molar refractivity (Wildman–Crippen MR) is 274 cm³/mol. The molecule has 3 aliphatic rings. The Morgan fingerprint density at radius 1 is 0.865 bits per heavy atom. The molecule has 394 valence electrons. The molecule has 8 rings (SSSR count). The number of phenolic OH excluding ortho intramolecular Hbond substituents is 2. The molecule has 5 N–H and O–H groups in total. The van der Waals surface area contributed by atoms with Gasteiger partial charge in [-0.3, -0.25) is 18.7 Å². The molecule has 2 fully saturated rings. The number of nitrogens with zero attached hydrogens (tertiary/aromatic N) is 3. The highest BCUT2D eigenvalue weighted by Gasteiger charge is 2.55. The van der Waals surface area contributed by atoms with Crippen LogP contribution < -0.4 is 19.7 Å². The van der Waals surface area contributed by atoms with Crippen LogP contribution in [-0.4, -0.2) is 113 Å². The fourth-order valence-electron chi connectivity index (χ4n) is 9.77. The number of hydrogen-bond acceptors (Lipinski definition) is 12. The van der Waals surface area contributed by atoms with E-state index in [4.69, 9.17) is 9.47 Å². The number of aromatic hydroxyl groups is 2. The number of likely N-dealkylation sites (tertiary alicyclic amines) is 1. The molecule has 0 aliphatic carbocycles. The molecular formula is C54H60F3N5O10S2. The second kappa shape index (κ2) is 22.2. The van der Waals surface area contributed by atoms with E-state index in [9.17, 15) is 51.3 Å². The van der Waals surface area contributed by atoms with Crippen molar-refractivity contribution in [2.24, 2.45) is 5.41 Å². The Hall–Kier alpha value is -6.48. The number of rotatable bonds is 19. The number of aliphatic hydroxyl groups is 1. The van der Waals surface area contributed by atoms with Gasteiger partial charge in [-0.05, 0) is 120 Å². The zero-order valence-electron chi connectivity index (χ0n) is 41.3. The van der Waals surface area contributed by atoms with E-state index in [0.717, 1.165) is 21.7 Å². The van der Waals surface area contributed by atoms with E-state index in [-0.39, 0.29) is 67.8 Å². The molecule has 0 radical (unpaired) electrons. The van der Waals surface area contributed by atoms with E-state index in [1.54, 1.807) is 41.1 Å². The fraction of sp³-hybridized carbons (Fsp3) is 0.407. The highest BCUT2D eigenvalue weighted by Crippen LogP contribution is 2.52. The molecule has 2 saturated heterocycles. The van der Waals surface area contributed by atoms with Gasteiger partial charge in [0.2, 0.25) is 27.7 Å². The van der Waals surface area contributed by atoms with Crippen molar-refractivity contribution in [3.05, 3.63) is 125 Å². The number of phenols is 2. The lowest BCUT2D eigenvalue weighted by Crippen LogP contribution is -2.57. The zero-order chi connectivity index (χ0) is 53.1. The predicted octanol–water partition coefficient (Wildman–Crippen LogP) is 8.13. The lowest BCUT2D eigenvalue weighted by atomic mass is 9.83. The molecule has 0 spiro atoms. The molecule has 15 nitrogen and oxygen atoms in total. The summed E-state index contributed by atoms with van der Waals surface area (Å²) < 4.78 is 83.9. The van der Waals surface area contributed by atoms with Gasteiger partial charge in [0.25, 0.3) is 0 Å². The lowest BCUT2D eigenvalue weighted by molar-refractivity contribution is -0.144. The van der Waals surface area contributed by atoms with Gasteiger partial charge in [-0.15, -0.1) is 11.3 Å². The largest absolute Gasteiger partial charge is 0.508 e. The third kappa shape index (κ3) is 12.4. The Morgan fingerprint density at radius 3 is 2.08 bits per heavy atom. The van der Waals surface area contributed by atoms with E-state index in [0.29, 0.717) is 45.8 Å². The molecule has 3 aliphatic heterocycles. The summed E-state index contributed by atoms with van der Waals surface area (Å²) in [6, 6.07) is 23.4. The number of halogens is 3. The normalized spacial score (nSPS) is 20.2. The van der Waals surface area contributed by atoms with Gasteiger partial charge < -0.3 is 40.3 Å². The molecular weight excluding hydrogens is 1000 g/mol. The number of unbranched alkanes of at least 4 members (excludes halogenated alkanes) is 2. The van der Waals surface area contributed by atoms with E-state index < -0.39 is 75.6 Å². The lowest BCUT2D eigenvalue weighted by Gasteiger charge is -2.35. The van der Waals surface area contributed by atoms with E-state index in [1.807, 2.05) is 52.0 Å². The van der Waals surface area contributed by atoms with Crippen LogP contribution in [0.3, 0.4) is 0 Å². The number of alkyl halides is 3. The van der Waals surface area contributed by atoms with Crippen LogP contribution >= 0.6 is 11.3 Å². The molecule has 74 heavy (non-hydrogen) atoms. The third-order valence-corrected chi connectivity index (χ3v) is 16.7. The minimum Gasteiger partial charge on any atom is -0.508 e. The zero-order valence-corrected chi connectivity index (χ0v) is 43.0. The van der Waals surface area contributed by atoms with Crippen LogP contribution in [0.1, 0.15) is 81.7 Å². The number of benzene rings is 4. The molecule has 1 aromatic heterocycles. The summed E-state index contributed by atoms with van der Waals surface area (Å²) in [7, 11) is -4.74. The SMILES string of the molecule is Cc1ncsc1-c1ccc(CNC(=O)[C@@H]2C[C@@H](O)CN2C(=O)[C@@H](NC(=O)CCCCCOc2ccc(N(CC(F)(F)F)S(=O)(=O)C3C[C@H]4O[C@@H]3C(c3ccc(O)cc3)=C4c3ccc(O)cc3)cc2)C(C)(C)C)cc1. The van der Waals surface area contributed by atoms with Crippen LogP contribution in [0.2, 0.25) is 0 Å². The number of nitrogens with one attached hydrogen (secondary N) is 2. The van der Waals surface area contributed by atoms with Gasteiger partial charge in [0.05, 0.1) is 40.6 Å². The highest BCUT2D eigenvalue weighted by molar-refractivity contribution is 7.93. The average Bonchev–Trinajstić information content (AvgIpc) is 4.17. The van der Waals surface area contributed by atoms with E-state index >= 15 is 0 Å². The van der Waals surface area contributed by atoms with Crippen LogP contribution in [-0.2, 0) is 35.7 Å². The molecule has 0 saturated carbocycles. The van der Waals surface area contributed by atoms with E-state index in [2.05, 4.69) is 15.6 Å². The number of sulfonamides is 1. The summed E-state index contributed by atoms with van der Waals surface area (Å²) in [5.41, 5.74) is 5.94. The van der Waals surface area contributed by atoms with Gasteiger partial charge in [0.1, 0.15) is 47.2 Å². The summed E-state index contributed by atoms with van der Waals surface area (Å²) in [5.74, 6) is -0.972. The standard InChI is InChI=1S/C54H60F3N5O10S2/c1-32-49(73-31-59-32)36-11-9-33(10-12-36)28-58-51(67)42-26-40(65)29-61(42)52(68)50(53(2,3)4)60-45(66)8-6-5-7-25-71-41-23-17-37(18-24-41)62(30-54(55,56)57)74(69,70)44-27-43-46(34-13-19-38(63)20-14-34)47(48(44)72-43)35-15-21-39(64)22-16-35/h9-24,31,40,42-44,48,50,63-65H,5-8,25-30H2,1-4H3,(H,58,67)(H,60,66)/t40-,42+,43-,44?,48+,50-/m1/s1. The molecule has 4 aromatic carbocycles. The van der Waals surface area contributed by atoms with Crippen LogP contribution in [0.5, 0.6) is 17.2 Å². The number of carbonyl (C=O) groups is 3. The number of hydrogen-bond donors (Lipinski definition) is 5. The Bertz CT molecular complexity index is 2940. The first-order chi connectivity index (χ1) is 35.1. The third-order valence-electron chi connectivity index (χ3n) is 13.5. The summed E-state index contributed by atoms with van der Waals surface area (Å²) in [4.78, 5) is 47.6. The summed E-state index contributed by atoms with van der Waals surface area (Å²) in [5, 5.41) is 34.9. The van der Waals surface area contributed by atoms with Crippen molar-refractivity contribution in [2.45, 2.75) is 115 Å². The van der Waals surface area contributed by atoms with Gasteiger partial charge in [-0.25, -0.2) is 13.4 Å². The number of fused-ring (bicyclic) bond motifs is 2. The van der Waals surface area contributed by atoms with Crippen molar-refractivity contribution in [3.8, 4) is 27.7 Å². The Kier molecular flexibility index (Phi) is 16.1. The smallest absolute Gasteiger partial charge is 0.407 e. The van der Waals surface area contributed by atoms with Crippen LogP contribution in [0.15, 0.2) is 103 Å². The summed E-state index contributed by atoms with van der Waals surface area (Å²) >= 11 is 1.55. The van der Waals surface area contributed by atoms with Gasteiger partial charge in [0.15, 0.2) is 0 Å². The Balaban J connectivity index is 0.832. The van der Waals surface area contributed by atoms with Crippen LogP contribution in [0.25, 0.3) is 21.6 Å². The maximum atomic E-state index is 14.4. The van der Waals surface area contributed by atoms with Gasteiger partial charge in [-0.2, -0.15) is 13.2 Å². The number of β-amino-alcohol motifs (C(OH)–C–C–N with tert-alkyl or cyclic N) is 1. The second-order valence-electron chi connectivity index (χ2n) is 20.0. The number of ether oxygens (including phenoxy) is 2. The molecule has 2 bridgehead atoms. The van der Waals surface area contributed by atoms with Crippen LogP contribution in [0, 0.1) is 12.3 Å². The van der Waals surface area contributed by atoms with Gasteiger partial charge in [0, 0.05) is 25.9 Å². The first-order valence-corrected chi connectivity index (χ1v) is 26.8. The van der Waals surface area contributed by atoms with Crippen molar-refractivity contribution >= 4 is 55.9 Å². The summed E-state index contributed by atoms with van der Waals surface area (Å²) in [6.45, 7) is 5.94. The number of aromatic nitrogens is 1. The first kappa shape index (κ1) is 53.8. The number of thiazole rings is 1. The Labute approximate surface area is 432 Å². The first-order valence-electron chi connectivity index (χ1n) is 24.4. The topological polar surface area (TPSA) is 208 Å². The second-order valence-corrected chi connectivity index (χ2v) is 22.9. The average molecular weight is 1060 g/mol. The minimum atomic E-state index is -4.90. The molecule has 5 aromatic rings. The maximum Gasteiger partial charge on any atom is 0.407 e. The molecule has 1 unspecified atom stereocenters. The number of carbonyl (C=O) groups excluding carboxylic acids is 3. The number of aliphatic hydroxyl groups excluding tert-OH is 1. The van der Waals surface area contributed by atoms with Crippen molar-refractivity contribution in [3.63, 3.8) is 0 Å². The van der Waals surface area contributed by atoms with Crippen molar-refractivity contribution in [1.82, 2.24) is 20.5 Å². The number of aryl methyl sites for hydroxylation is 1. The summed E-state index contributed by atoms with van der Waals surface area (Å²) in [6.07, 6.45) is -6.22. The quantitative estimate of drug-likeness (QED) is 0.0499.